The van der Waals surface area contributed by atoms with Crippen LogP contribution in [0.4, 0.5) is 4.39 Å². The third kappa shape index (κ3) is 3.99. The van der Waals surface area contributed by atoms with Crippen LogP contribution in [0.15, 0.2) is 66.9 Å². The van der Waals surface area contributed by atoms with Gasteiger partial charge in [-0.15, -0.1) is 0 Å². The van der Waals surface area contributed by atoms with Crippen molar-refractivity contribution in [1.82, 2.24) is 15.1 Å². The van der Waals surface area contributed by atoms with Gasteiger partial charge in [0.15, 0.2) is 0 Å². The van der Waals surface area contributed by atoms with Gasteiger partial charge in [-0.2, -0.15) is 5.10 Å². The van der Waals surface area contributed by atoms with E-state index in [1.54, 1.807) is 25.4 Å². The first-order chi connectivity index (χ1) is 13.7. The minimum absolute atomic E-state index is 0.198. The fraction of sp³-hybridized carbons (Fsp3) is 0.261. The number of H-pyrrole nitrogens is 1. The van der Waals surface area contributed by atoms with Crippen LogP contribution in [0.1, 0.15) is 28.7 Å². The minimum Gasteiger partial charge on any atom is -0.496 e. The van der Waals surface area contributed by atoms with Gasteiger partial charge in [0.2, 0.25) is 0 Å². The molecule has 1 saturated heterocycles. The number of para-hydroxylation sites is 1. The Balaban J connectivity index is 1.50. The van der Waals surface area contributed by atoms with Crippen LogP contribution < -0.4 is 4.74 Å². The maximum absolute atomic E-state index is 13.4. The summed E-state index contributed by atoms with van der Waals surface area (Å²) < 4.78 is 18.8. The van der Waals surface area contributed by atoms with Gasteiger partial charge in [0.1, 0.15) is 11.6 Å². The van der Waals surface area contributed by atoms with Gasteiger partial charge in [-0.1, -0.05) is 42.5 Å². The number of hydrogen-bond acceptors (Lipinski definition) is 3. The highest BCUT2D eigenvalue weighted by Gasteiger charge is 2.35. The molecule has 2 unspecified atom stereocenters. The van der Waals surface area contributed by atoms with Gasteiger partial charge in [-0.25, -0.2) is 4.39 Å². The minimum atomic E-state index is -0.198. The molecular formula is C23H24FN3O. The van der Waals surface area contributed by atoms with E-state index in [9.17, 15) is 4.39 Å². The maximum Gasteiger partial charge on any atom is 0.126 e. The number of rotatable bonds is 6. The second-order valence-electron chi connectivity index (χ2n) is 7.14. The fourth-order valence-electron chi connectivity index (χ4n) is 4.00. The van der Waals surface area contributed by atoms with Crippen molar-refractivity contribution in [2.75, 3.05) is 26.7 Å². The van der Waals surface area contributed by atoms with E-state index in [4.69, 9.17) is 4.74 Å². The van der Waals surface area contributed by atoms with Crippen molar-refractivity contribution in [3.05, 3.63) is 89.5 Å². The monoisotopic (exact) mass is 377 g/mol. The fourth-order valence-corrected chi connectivity index (χ4v) is 4.00. The predicted molar refractivity (Wildman–Crippen MR) is 109 cm³/mol. The second-order valence-corrected chi connectivity index (χ2v) is 7.14. The first-order valence-electron chi connectivity index (χ1n) is 9.51. The number of nitrogens with one attached hydrogen (secondary N) is 1. The SMILES string of the molecule is COc1ccccc1/C=C/CN1CC(c2ccc(F)cc2)C(c2ccn[nH]2)C1. The third-order valence-corrected chi connectivity index (χ3v) is 5.42. The van der Waals surface area contributed by atoms with E-state index in [1.807, 2.05) is 42.5 Å². The van der Waals surface area contributed by atoms with Crippen molar-refractivity contribution >= 4 is 6.08 Å². The summed E-state index contributed by atoms with van der Waals surface area (Å²) >= 11 is 0. The summed E-state index contributed by atoms with van der Waals surface area (Å²) in [5, 5.41) is 7.25. The molecule has 4 rings (SSSR count). The Labute approximate surface area is 164 Å². The molecule has 4 nitrogen and oxygen atoms in total. The van der Waals surface area contributed by atoms with Crippen LogP contribution in [0.5, 0.6) is 5.75 Å². The number of nitrogens with zero attached hydrogens (tertiary/aromatic N) is 2. The third-order valence-electron chi connectivity index (χ3n) is 5.42. The van der Waals surface area contributed by atoms with Gasteiger partial charge < -0.3 is 4.74 Å². The van der Waals surface area contributed by atoms with E-state index in [0.717, 1.165) is 42.2 Å². The Hall–Kier alpha value is -2.92. The molecule has 1 aromatic heterocycles. The molecule has 0 radical (unpaired) electrons. The van der Waals surface area contributed by atoms with Crippen molar-refractivity contribution in [3.63, 3.8) is 0 Å². The topological polar surface area (TPSA) is 41.1 Å². The average Bonchev–Trinajstić information content (AvgIpc) is 3.39. The predicted octanol–water partition coefficient (Wildman–Crippen LogP) is 4.45. The highest BCUT2D eigenvalue weighted by Crippen LogP contribution is 2.38. The summed E-state index contributed by atoms with van der Waals surface area (Å²) in [6.07, 6.45) is 6.07. The van der Waals surface area contributed by atoms with Crippen molar-refractivity contribution in [2.45, 2.75) is 11.8 Å². The summed E-state index contributed by atoms with van der Waals surface area (Å²) in [5.41, 5.74) is 3.37. The average molecular weight is 377 g/mol. The van der Waals surface area contributed by atoms with Crippen LogP contribution in [-0.4, -0.2) is 41.8 Å². The molecule has 2 heterocycles. The number of hydrogen-bond donors (Lipinski definition) is 1. The zero-order valence-electron chi connectivity index (χ0n) is 15.9. The molecule has 0 amide bonds. The van der Waals surface area contributed by atoms with E-state index in [-0.39, 0.29) is 5.82 Å². The van der Waals surface area contributed by atoms with E-state index < -0.39 is 0 Å². The number of halogens is 1. The summed E-state index contributed by atoms with van der Waals surface area (Å²) in [6, 6.07) is 16.9. The molecule has 1 fully saturated rings. The highest BCUT2D eigenvalue weighted by molar-refractivity contribution is 5.57. The quantitative estimate of drug-likeness (QED) is 0.690. The van der Waals surface area contributed by atoms with Gasteiger partial charge >= 0.3 is 0 Å². The Morgan fingerprint density at radius 2 is 1.89 bits per heavy atom. The highest BCUT2D eigenvalue weighted by atomic mass is 19.1. The van der Waals surface area contributed by atoms with E-state index in [2.05, 4.69) is 27.2 Å². The molecule has 0 spiro atoms. The summed E-state index contributed by atoms with van der Waals surface area (Å²) in [4.78, 5) is 2.42. The first kappa shape index (κ1) is 18.4. The lowest BCUT2D eigenvalue weighted by Crippen LogP contribution is -2.20. The number of aromatic nitrogens is 2. The molecule has 3 aromatic rings. The van der Waals surface area contributed by atoms with E-state index in [0.29, 0.717) is 11.8 Å². The van der Waals surface area contributed by atoms with E-state index in [1.165, 1.54) is 0 Å². The van der Waals surface area contributed by atoms with Crippen molar-refractivity contribution in [3.8, 4) is 5.75 Å². The lowest BCUT2D eigenvalue weighted by molar-refractivity contribution is 0.368. The van der Waals surface area contributed by atoms with Crippen molar-refractivity contribution in [1.29, 1.82) is 0 Å². The number of ether oxygens (including phenoxy) is 1. The zero-order valence-corrected chi connectivity index (χ0v) is 15.9. The van der Waals surface area contributed by atoms with Crippen molar-refractivity contribution in [2.24, 2.45) is 0 Å². The van der Waals surface area contributed by atoms with Gasteiger partial charge in [-0.05, 0) is 29.8 Å². The molecule has 1 aliphatic rings. The summed E-state index contributed by atoms with van der Waals surface area (Å²) in [6.45, 7) is 2.70. The molecule has 5 heteroatoms. The van der Waals surface area contributed by atoms with Gasteiger partial charge in [0, 0.05) is 48.9 Å². The van der Waals surface area contributed by atoms with Gasteiger partial charge in [0.25, 0.3) is 0 Å². The molecule has 1 aliphatic heterocycles. The lowest BCUT2D eigenvalue weighted by Gasteiger charge is -2.17. The number of benzene rings is 2. The smallest absolute Gasteiger partial charge is 0.126 e. The second kappa shape index (κ2) is 8.40. The lowest BCUT2D eigenvalue weighted by atomic mass is 9.87. The molecular weight excluding hydrogens is 353 g/mol. The maximum atomic E-state index is 13.4. The molecule has 144 valence electrons. The van der Waals surface area contributed by atoms with Crippen LogP contribution in [0.3, 0.4) is 0 Å². The summed E-state index contributed by atoms with van der Waals surface area (Å²) in [5.74, 6) is 1.30. The molecule has 1 N–H and O–H groups in total. The Kier molecular flexibility index (Phi) is 5.53. The van der Waals surface area contributed by atoms with Crippen LogP contribution in [0, 0.1) is 5.82 Å². The first-order valence-corrected chi connectivity index (χ1v) is 9.51. The molecule has 0 bridgehead atoms. The van der Waals surface area contributed by atoms with Gasteiger partial charge in [0.05, 0.1) is 7.11 Å². The van der Waals surface area contributed by atoms with E-state index >= 15 is 0 Å². The normalized spacial score (nSPS) is 20.1. The Morgan fingerprint density at radius 3 is 2.64 bits per heavy atom. The zero-order chi connectivity index (χ0) is 19.3. The van der Waals surface area contributed by atoms with Crippen LogP contribution in [0.2, 0.25) is 0 Å². The molecule has 2 atom stereocenters. The Morgan fingerprint density at radius 1 is 1.11 bits per heavy atom. The standard InChI is InChI=1S/C23H24FN3O/c1-28-23-7-3-2-5-18(23)6-4-14-27-15-20(17-8-10-19(24)11-9-17)21(16-27)22-12-13-25-26-22/h2-13,20-21H,14-16H2,1H3,(H,25,26)/b6-4+. The largest absolute Gasteiger partial charge is 0.496 e. The number of aromatic amines is 1. The Bertz CT molecular complexity index is 921. The summed E-state index contributed by atoms with van der Waals surface area (Å²) in [7, 11) is 1.69. The van der Waals surface area contributed by atoms with Crippen LogP contribution in [-0.2, 0) is 0 Å². The molecule has 2 aromatic carbocycles. The number of likely N-dealkylation sites (tertiary alicyclic amines) is 1. The molecule has 28 heavy (non-hydrogen) atoms. The van der Waals surface area contributed by atoms with Crippen molar-refractivity contribution < 1.29 is 9.13 Å². The van der Waals surface area contributed by atoms with Crippen LogP contribution >= 0.6 is 0 Å². The molecule has 0 aliphatic carbocycles. The van der Waals surface area contributed by atoms with Gasteiger partial charge in [-0.3, -0.25) is 10.00 Å². The number of methoxy groups -OCH3 is 1. The molecule has 0 saturated carbocycles. The van der Waals surface area contributed by atoms with Crippen LogP contribution in [0.25, 0.3) is 6.08 Å².